The molecule has 1 heterocycles. The van der Waals surface area contributed by atoms with Crippen molar-refractivity contribution in [3.63, 3.8) is 0 Å². The van der Waals surface area contributed by atoms with E-state index in [-0.39, 0.29) is 26.0 Å². The Bertz CT molecular complexity index is 218. The molecule has 0 spiro atoms. The van der Waals surface area contributed by atoms with Gasteiger partial charge in [0, 0.05) is 0 Å². The molecule has 0 bridgehead atoms. The van der Waals surface area contributed by atoms with E-state index in [1.165, 1.54) is 25.9 Å². The summed E-state index contributed by atoms with van der Waals surface area (Å²) in [6.45, 7) is 4.33. The van der Waals surface area contributed by atoms with Gasteiger partial charge >= 0.3 is 18.9 Å². The Kier molecular flexibility index (Phi) is 10.6. The van der Waals surface area contributed by atoms with Gasteiger partial charge in [-0.05, 0) is 39.4 Å². The van der Waals surface area contributed by atoms with Crippen LogP contribution in [0.5, 0.6) is 0 Å². The van der Waals surface area contributed by atoms with Crippen LogP contribution in [0.4, 0.5) is 0 Å². The molecule has 82 valence electrons. The van der Waals surface area contributed by atoms with Crippen molar-refractivity contribution in [3.8, 4) is 0 Å². The van der Waals surface area contributed by atoms with Crippen LogP contribution in [0.15, 0.2) is 0 Å². The molecule has 0 amide bonds. The summed E-state index contributed by atoms with van der Waals surface area (Å²) in [6.07, 6.45) is 3.30. The first-order chi connectivity index (χ1) is 5.95. The zero-order valence-corrected chi connectivity index (χ0v) is 10.2. The molecule has 0 aliphatic carbocycles. The van der Waals surface area contributed by atoms with Gasteiger partial charge in [-0.25, -0.2) is 0 Å². The van der Waals surface area contributed by atoms with Crippen molar-refractivity contribution in [2.45, 2.75) is 26.2 Å². The van der Waals surface area contributed by atoms with Crippen LogP contribution < -0.4 is 18.9 Å². The zero-order valence-electron chi connectivity index (χ0n) is 10.4. The van der Waals surface area contributed by atoms with E-state index in [0.717, 1.165) is 0 Å². The molecule has 0 saturated carbocycles. The molecule has 1 aliphatic rings. The molecule has 0 aromatic rings. The molecule has 6 heteroatoms. The van der Waals surface area contributed by atoms with E-state index in [1.807, 2.05) is 0 Å². The number of nitrogens with zero attached hydrogens (tertiary/aromatic N) is 1. The van der Waals surface area contributed by atoms with Gasteiger partial charge in [0.05, 0.1) is 5.75 Å². The Hall–Kier alpha value is 0.467. The summed E-state index contributed by atoms with van der Waals surface area (Å²) in [6, 6.07) is 0. The number of hydrogen-bond acceptors (Lipinski definition) is 3. The smallest absolute Gasteiger partial charge is 1.00 e. The van der Waals surface area contributed by atoms with E-state index < -0.39 is 10.1 Å². The largest absolute Gasteiger partial charge is 1.00 e. The predicted octanol–water partition coefficient (Wildman–Crippen LogP) is -1.89. The van der Waals surface area contributed by atoms with Gasteiger partial charge in [-0.15, -0.1) is 0 Å². The first-order valence-electron chi connectivity index (χ1n) is 4.59. The van der Waals surface area contributed by atoms with Gasteiger partial charge in [0.1, 0.15) is 0 Å². The first-order valence-corrected chi connectivity index (χ1v) is 6.20. The fourth-order valence-electron chi connectivity index (χ4n) is 1.13. The second-order valence-corrected chi connectivity index (χ2v) is 4.87. The fourth-order valence-corrected chi connectivity index (χ4v) is 1.65. The van der Waals surface area contributed by atoms with Crippen LogP contribution in [0.1, 0.15) is 27.6 Å². The Balaban J connectivity index is -0.000000170. The fraction of sp³-hybridized carbons (Fsp3) is 1.00. The van der Waals surface area contributed by atoms with Crippen molar-refractivity contribution >= 4 is 10.1 Å². The van der Waals surface area contributed by atoms with Crippen molar-refractivity contribution in [2.75, 3.05) is 25.9 Å². The van der Waals surface area contributed by atoms with E-state index in [4.69, 9.17) is 4.55 Å². The molecule has 0 aromatic heterocycles. The van der Waals surface area contributed by atoms with Crippen molar-refractivity contribution in [2.24, 2.45) is 0 Å². The minimum absolute atomic E-state index is 0. The van der Waals surface area contributed by atoms with Crippen LogP contribution in [0, 0.1) is 0 Å². The maximum Gasteiger partial charge on any atom is 1.00 e. The summed E-state index contributed by atoms with van der Waals surface area (Å²) in [7, 11) is -1.50. The van der Waals surface area contributed by atoms with Crippen LogP contribution in [0.2, 0.25) is 0 Å². The average Bonchev–Trinajstić information content (AvgIpc) is 2.38. The Morgan fingerprint density at radius 3 is 1.86 bits per heavy atom. The minimum atomic E-state index is -3.67. The molecule has 14 heavy (non-hydrogen) atoms. The molecule has 1 rings (SSSR count). The third kappa shape index (κ3) is 12.5. The predicted molar refractivity (Wildman–Crippen MR) is 54.5 cm³/mol. The SMILES string of the molecule is CCCS(=O)(=O)O.CN1CCCC1.[H-].[Li+]. The standard InChI is InChI=1S/C5H11N.C3H8O3S.Li.H/c1-6-4-2-3-5-6;1-2-3-7(4,5)6;;/h2-5H2,1H3;2-3H2,1H3,(H,4,5,6);;/q;;+1;-1. The van der Waals surface area contributed by atoms with Gasteiger partial charge in [0.15, 0.2) is 0 Å². The zero-order chi connectivity index (χ0) is 10.3. The minimum Gasteiger partial charge on any atom is -1.00 e. The number of rotatable bonds is 2. The van der Waals surface area contributed by atoms with Crippen LogP contribution >= 0.6 is 0 Å². The van der Waals surface area contributed by atoms with E-state index >= 15 is 0 Å². The van der Waals surface area contributed by atoms with E-state index in [1.54, 1.807) is 6.92 Å². The molecule has 4 nitrogen and oxygen atoms in total. The molecule has 0 atom stereocenters. The van der Waals surface area contributed by atoms with Gasteiger partial charge < -0.3 is 6.33 Å². The van der Waals surface area contributed by atoms with Crippen LogP contribution in [-0.2, 0) is 10.1 Å². The average molecular weight is 217 g/mol. The van der Waals surface area contributed by atoms with Gasteiger partial charge in [-0.1, -0.05) is 6.92 Å². The topological polar surface area (TPSA) is 57.6 Å². The summed E-state index contributed by atoms with van der Waals surface area (Å²) in [4.78, 5) is 2.36. The molecule has 0 aromatic carbocycles. The van der Waals surface area contributed by atoms with Crippen molar-refractivity contribution in [1.82, 2.24) is 4.90 Å². The first kappa shape index (κ1) is 16.9. The second-order valence-electron chi connectivity index (χ2n) is 3.30. The third-order valence-corrected chi connectivity index (χ3v) is 2.72. The Morgan fingerprint density at radius 1 is 1.36 bits per heavy atom. The maximum atomic E-state index is 9.79. The van der Waals surface area contributed by atoms with Gasteiger partial charge in [-0.3, -0.25) is 4.55 Å². The monoisotopic (exact) mass is 217 g/mol. The normalized spacial score (nSPS) is 16.8. The number of likely N-dealkylation sites (tertiary alicyclic amines) is 1. The van der Waals surface area contributed by atoms with Gasteiger partial charge in [0.25, 0.3) is 10.1 Å². The van der Waals surface area contributed by atoms with Crippen molar-refractivity contribution < 1.29 is 33.3 Å². The van der Waals surface area contributed by atoms with Crippen LogP contribution in [0.3, 0.4) is 0 Å². The van der Waals surface area contributed by atoms with Crippen LogP contribution in [-0.4, -0.2) is 43.8 Å². The Morgan fingerprint density at radius 2 is 1.79 bits per heavy atom. The van der Waals surface area contributed by atoms with E-state index in [2.05, 4.69) is 11.9 Å². The molecule has 0 unspecified atom stereocenters. The van der Waals surface area contributed by atoms with E-state index in [0.29, 0.717) is 6.42 Å². The second kappa shape index (κ2) is 8.75. The summed E-state index contributed by atoms with van der Waals surface area (Å²) >= 11 is 0. The molecule has 1 saturated heterocycles. The summed E-state index contributed by atoms with van der Waals surface area (Å²) in [5.74, 6) is -0.132. The van der Waals surface area contributed by atoms with Gasteiger partial charge in [0.2, 0.25) is 0 Å². The molecule has 1 fully saturated rings. The Labute approximate surface area is 100 Å². The summed E-state index contributed by atoms with van der Waals surface area (Å²) < 4.78 is 27.6. The maximum absolute atomic E-state index is 9.79. The van der Waals surface area contributed by atoms with Crippen molar-refractivity contribution in [3.05, 3.63) is 0 Å². The summed E-state index contributed by atoms with van der Waals surface area (Å²) in [5.41, 5.74) is 0. The van der Waals surface area contributed by atoms with Crippen LogP contribution in [0.25, 0.3) is 0 Å². The van der Waals surface area contributed by atoms with Gasteiger partial charge in [-0.2, -0.15) is 8.42 Å². The number of hydrogen-bond donors (Lipinski definition) is 1. The third-order valence-electron chi connectivity index (χ3n) is 1.79. The summed E-state index contributed by atoms with van der Waals surface area (Å²) in [5, 5.41) is 0. The van der Waals surface area contributed by atoms with E-state index in [9.17, 15) is 8.42 Å². The molecular weight excluding hydrogens is 197 g/mol. The van der Waals surface area contributed by atoms with Crippen molar-refractivity contribution in [1.29, 1.82) is 0 Å². The molecule has 0 radical (unpaired) electrons. The molecule has 1 N–H and O–H groups in total. The molecular formula is C8H20LiNO3S. The quantitative estimate of drug-likeness (QED) is 0.434. The molecule has 1 aliphatic heterocycles.